The highest BCUT2D eigenvalue weighted by molar-refractivity contribution is 5.50. The molecule has 22 heavy (non-hydrogen) atoms. The second-order valence-corrected chi connectivity index (χ2v) is 5.95. The van der Waals surface area contributed by atoms with Gasteiger partial charge in [0.1, 0.15) is 24.1 Å². The number of aryl methyl sites for hydroxylation is 1. The molecule has 0 aliphatic heterocycles. The molecule has 1 aromatic carbocycles. The SMILES string of the molecule is Cc1ccc(OCCn2c(C#N)cc(N)c2CC(C)C)cc1. The third-order valence-corrected chi connectivity index (χ3v) is 3.56. The fourth-order valence-electron chi connectivity index (χ4n) is 2.46. The van der Waals surface area contributed by atoms with Crippen molar-refractivity contribution in [3.05, 3.63) is 47.3 Å². The van der Waals surface area contributed by atoms with Gasteiger partial charge in [-0.25, -0.2) is 0 Å². The van der Waals surface area contributed by atoms with Gasteiger partial charge in [0.2, 0.25) is 0 Å². The van der Waals surface area contributed by atoms with E-state index in [0.717, 1.165) is 17.9 Å². The topological polar surface area (TPSA) is 64.0 Å². The van der Waals surface area contributed by atoms with E-state index in [1.807, 2.05) is 35.8 Å². The van der Waals surface area contributed by atoms with Crippen molar-refractivity contribution in [1.82, 2.24) is 4.57 Å². The minimum atomic E-state index is 0.487. The van der Waals surface area contributed by atoms with E-state index in [2.05, 4.69) is 19.9 Å². The zero-order valence-corrected chi connectivity index (χ0v) is 13.5. The maximum atomic E-state index is 9.27. The van der Waals surface area contributed by atoms with Crippen molar-refractivity contribution in [3.63, 3.8) is 0 Å². The van der Waals surface area contributed by atoms with Gasteiger partial charge in [-0.1, -0.05) is 31.5 Å². The Morgan fingerprint density at radius 1 is 1.27 bits per heavy atom. The third-order valence-electron chi connectivity index (χ3n) is 3.56. The number of nitrogen functional groups attached to an aromatic ring is 1. The Labute approximate surface area is 132 Å². The summed E-state index contributed by atoms with van der Waals surface area (Å²) < 4.78 is 7.74. The average molecular weight is 297 g/mol. The number of nitrogens with two attached hydrogens (primary N) is 1. The number of hydrogen-bond acceptors (Lipinski definition) is 3. The standard InChI is InChI=1S/C18H23N3O/c1-13(2)10-18-17(20)11-15(12-19)21(18)8-9-22-16-6-4-14(3)5-7-16/h4-7,11,13H,8-10,20H2,1-3H3. The smallest absolute Gasteiger partial charge is 0.122 e. The van der Waals surface area contributed by atoms with E-state index in [4.69, 9.17) is 10.5 Å². The first-order valence-electron chi connectivity index (χ1n) is 7.58. The summed E-state index contributed by atoms with van der Waals surface area (Å²) in [7, 11) is 0. The van der Waals surface area contributed by atoms with E-state index in [-0.39, 0.29) is 0 Å². The summed E-state index contributed by atoms with van der Waals surface area (Å²) in [6.45, 7) is 7.47. The first-order chi connectivity index (χ1) is 10.5. The Morgan fingerprint density at radius 2 is 1.95 bits per heavy atom. The molecule has 116 valence electrons. The van der Waals surface area contributed by atoms with Crippen LogP contribution in [0.2, 0.25) is 0 Å². The normalized spacial score (nSPS) is 10.7. The molecule has 4 heteroatoms. The maximum absolute atomic E-state index is 9.27. The monoisotopic (exact) mass is 297 g/mol. The lowest BCUT2D eigenvalue weighted by Crippen LogP contribution is -2.14. The van der Waals surface area contributed by atoms with Crippen molar-refractivity contribution in [1.29, 1.82) is 5.26 Å². The van der Waals surface area contributed by atoms with Gasteiger partial charge in [-0.05, 0) is 37.5 Å². The number of nitrogens with zero attached hydrogens (tertiary/aromatic N) is 2. The molecule has 4 nitrogen and oxygen atoms in total. The van der Waals surface area contributed by atoms with Gasteiger partial charge in [-0.2, -0.15) is 5.26 Å². The molecular weight excluding hydrogens is 274 g/mol. The zero-order valence-electron chi connectivity index (χ0n) is 13.5. The van der Waals surface area contributed by atoms with E-state index in [9.17, 15) is 5.26 Å². The van der Waals surface area contributed by atoms with Crippen LogP contribution in [-0.4, -0.2) is 11.2 Å². The van der Waals surface area contributed by atoms with Gasteiger partial charge < -0.3 is 15.0 Å². The molecule has 2 N–H and O–H groups in total. The van der Waals surface area contributed by atoms with Crippen LogP contribution in [0.3, 0.4) is 0 Å². The second kappa shape index (κ2) is 7.04. The van der Waals surface area contributed by atoms with Gasteiger partial charge >= 0.3 is 0 Å². The van der Waals surface area contributed by atoms with Gasteiger partial charge in [-0.15, -0.1) is 0 Å². The number of nitriles is 1. The van der Waals surface area contributed by atoms with Crippen LogP contribution in [0.15, 0.2) is 30.3 Å². The molecule has 0 spiro atoms. The molecule has 0 unspecified atom stereocenters. The number of anilines is 1. The molecular formula is C18H23N3O. The van der Waals surface area contributed by atoms with Crippen molar-refractivity contribution in [2.75, 3.05) is 12.3 Å². The van der Waals surface area contributed by atoms with Crippen molar-refractivity contribution in [3.8, 4) is 11.8 Å². The molecule has 0 bridgehead atoms. The molecule has 0 aliphatic carbocycles. The van der Waals surface area contributed by atoms with Crippen molar-refractivity contribution in [2.24, 2.45) is 5.92 Å². The van der Waals surface area contributed by atoms with Crippen molar-refractivity contribution >= 4 is 5.69 Å². The Kier molecular flexibility index (Phi) is 5.11. The summed E-state index contributed by atoms with van der Waals surface area (Å²) in [6, 6.07) is 11.9. The third kappa shape index (κ3) is 3.82. The van der Waals surface area contributed by atoms with Crippen LogP contribution in [0.4, 0.5) is 5.69 Å². The maximum Gasteiger partial charge on any atom is 0.122 e. The van der Waals surface area contributed by atoms with Gasteiger partial charge in [0, 0.05) is 5.69 Å². The second-order valence-electron chi connectivity index (χ2n) is 5.95. The minimum absolute atomic E-state index is 0.487. The largest absolute Gasteiger partial charge is 0.492 e. The lowest BCUT2D eigenvalue weighted by atomic mass is 10.1. The molecule has 0 aliphatic rings. The Hall–Kier alpha value is -2.41. The fourth-order valence-corrected chi connectivity index (χ4v) is 2.46. The molecule has 2 rings (SSSR count). The number of aromatic nitrogens is 1. The molecule has 1 heterocycles. The molecule has 0 fully saturated rings. The van der Waals surface area contributed by atoms with E-state index >= 15 is 0 Å². The van der Waals surface area contributed by atoms with Gasteiger partial charge in [0.15, 0.2) is 0 Å². The van der Waals surface area contributed by atoms with Crippen LogP contribution >= 0.6 is 0 Å². The van der Waals surface area contributed by atoms with E-state index in [0.29, 0.717) is 30.5 Å². The summed E-state index contributed by atoms with van der Waals surface area (Å²) >= 11 is 0. The van der Waals surface area contributed by atoms with Crippen LogP contribution < -0.4 is 10.5 Å². The predicted molar refractivity (Wildman–Crippen MR) is 88.8 cm³/mol. The quantitative estimate of drug-likeness (QED) is 0.887. The van der Waals surface area contributed by atoms with Crippen LogP contribution in [-0.2, 0) is 13.0 Å². The zero-order chi connectivity index (χ0) is 16.1. The Morgan fingerprint density at radius 3 is 2.55 bits per heavy atom. The summed E-state index contributed by atoms with van der Waals surface area (Å²) in [6.07, 6.45) is 0.859. The molecule has 0 radical (unpaired) electrons. The average Bonchev–Trinajstić information content (AvgIpc) is 2.77. The summed E-state index contributed by atoms with van der Waals surface area (Å²) in [5, 5.41) is 9.27. The van der Waals surface area contributed by atoms with Crippen LogP contribution in [0.25, 0.3) is 0 Å². The van der Waals surface area contributed by atoms with Gasteiger partial charge in [0.05, 0.1) is 12.2 Å². The molecule has 1 aromatic heterocycles. The highest BCUT2D eigenvalue weighted by atomic mass is 16.5. The van der Waals surface area contributed by atoms with E-state index in [1.54, 1.807) is 6.07 Å². The molecule has 0 atom stereocenters. The molecule has 0 saturated heterocycles. The lowest BCUT2D eigenvalue weighted by Gasteiger charge is -2.14. The molecule has 2 aromatic rings. The Bertz CT molecular complexity index is 663. The van der Waals surface area contributed by atoms with E-state index < -0.39 is 0 Å². The number of rotatable bonds is 6. The highest BCUT2D eigenvalue weighted by Crippen LogP contribution is 2.22. The predicted octanol–water partition coefficient (Wildman–Crippen LogP) is 3.53. The Balaban J connectivity index is 2.08. The van der Waals surface area contributed by atoms with Gasteiger partial charge in [-0.3, -0.25) is 0 Å². The first-order valence-corrected chi connectivity index (χ1v) is 7.58. The van der Waals surface area contributed by atoms with Crippen LogP contribution in [0, 0.1) is 24.2 Å². The molecule has 0 amide bonds. The number of hydrogen-bond donors (Lipinski definition) is 1. The van der Waals surface area contributed by atoms with Crippen molar-refractivity contribution in [2.45, 2.75) is 33.7 Å². The first kappa shape index (κ1) is 16.0. The summed E-state index contributed by atoms with van der Waals surface area (Å²) in [4.78, 5) is 0. The van der Waals surface area contributed by atoms with Crippen LogP contribution in [0.1, 0.15) is 30.8 Å². The van der Waals surface area contributed by atoms with Crippen LogP contribution in [0.5, 0.6) is 5.75 Å². The fraction of sp³-hybridized carbons (Fsp3) is 0.389. The van der Waals surface area contributed by atoms with Gasteiger partial charge in [0.25, 0.3) is 0 Å². The highest BCUT2D eigenvalue weighted by Gasteiger charge is 2.14. The molecule has 0 saturated carbocycles. The number of ether oxygens (including phenoxy) is 1. The van der Waals surface area contributed by atoms with Crippen molar-refractivity contribution < 1.29 is 4.74 Å². The lowest BCUT2D eigenvalue weighted by molar-refractivity contribution is 0.295. The van der Waals surface area contributed by atoms with E-state index in [1.165, 1.54) is 5.56 Å². The minimum Gasteiger partial charge on any atom is -0.492 e. The number of benzene rings is 1. The summed E-state index contributed by atoms with van der Waals surface area (Å²) in [5.41, 5.74) is 9.58. The summed E-state index contributed by atoms with van der Waals surface area (Å²) in [5.74, 6) is 1.33.